The van der Waals surface area contributed by atoms with Crippen LogP contribution >= 0.6 is 11.3 Å². The minimum absolute atomic E-state index is 0.0874. The van der Waals surface area contributed by atoms with Gasteiger partial charge in [-0.25, -0.2) is 0 Å². The Hall–Kier alpha value is -1.87. The molecule has 0 spiro atoms. The summed E-state index contributed by atoms with van der Waals surface area (Å²) in [6, 6.07) is 12.5. The second kappa shape index (κ2) is 7.14. The van der Waals surface area contributed by atoms with Crippen LogP contribution in [0.2, 0.25) is 0 Å². The molecule has 3 rings (SSSR count). The van der Waals surface area contributed by atoms with Crippen LogP contribution in [0.25, 0.3) is 21.5 Å². The maximum Gasteiger partial charge on any atom is 0.228 e. The zero-order chi connectivity index (χ0) is 16.2. The molecule has 0 aliphatic carbocycles. The number of para-hydroxylation sites is 1. The number of nitrogens with zero attached hydrogens (tertiary/aromatic N) is 1. The van der Waals surface area contributed by atoms with Crippen molar-refractivity contribution in [3.05, 3.63) is 47.3 Å². The highest BCUT2D eigenvalue weighted by Crippen LogP contribution is 2.37. The maximum absolute atomic E-state index is 12.3. The van der Waals surface area contributed by atoms with Gasteiger partial charge in [-0.1, -0.05) is 50.5 Å². The molecule has 0 atom stereocenters. The fraction of sp³-hybridized carbons (Fsp3) is 0.350. The van der Waals surface area contributed by atoms with Crippen LogP contribution in [0.15, 0.2) is 41.8 Å². The molecular formula is C20H23NOS. The van der Waals surface area contributed by atoms with E-state index >= 15 is 0 Å². The molecule has 120 valence electrons. The normalized spacial score (nSPS) is 11.2. The van der Waals surface area contributed by atoms with E-state index in [2.05, 4.69) is 42.6 Å². The van der Waals surface area contributed by atoms with Crippen molar-refractivity contribution in [3.63, 3.8) is 0 Å². The van der Waals surface area contributed by atoms with Crippen LogP contribution < -0.4 is 0 Å². The molecule has 0 aliphatic rings. The van der Waals surface area contributed by atoms with Crippen LogP contribution in [-0.2, 0) is 6.42 Å². The van der Waals surface area contributed by atoms with Gasteiger partial charge in [0.2, 0.25) is 5.91 Å². The molecule has 2 heterocycles. The quantitative estimate of drug-likeness (QED) is 0.498. The molecule has 0 fully saturated rings. The van der Waals surface area contributed by atoms with Crippen molar-refractivity contribution in [2.75, 3.05) is 0 Å². The Morgan fingerprint density at radius 1 is 1.09 bits per heavy atom. The summed E-state index contributed by atoms with van der Waals surface area (Å²) in [6.07, 6.45) is 5.98. The Labute approximate surface area is 141 Å². The number of aromatic nitrogens is 1. The van der Waals surface area contributed by atoms with Gasteiger partial charge < -0.3 is 0 Å². The van der Waals surface area contributed by atoms with Crippen LogP contribution in [0.3, 0.4) is 0 Å². The Morgan fingerprint density at radius 3 is 2.61 bits per heavy atom. The molecule has 0 aliphatic heterocycles. The number of thiophene rings is 1. The standard InChI is InChI=1S/C20H23NOS/c1-3-4-5-6-11-17-16-10-7-8-12-18(16)21(15(2)22)20(17)19-13-9-14-23-19/h7-10,12-14H,3-6,11H2,1-2H3. The Morgan fingerprint density at radius 2 is 1.91 bits per heavy atom. The summed E-state index contributed by atoms with van der Waals surface area (Å²) in [5, 5.41) is 3.31. The largest absolute Gasteiger partial charge is 0.279 e. The minimum Gasteiger partial charge on any atom is -0.279 e. The first-order valence-electron chi connectivity index (χ1n) is 8.41. The van der Waals surface area contributed by atoms with E-state index in [0.717, 1.165) is 17.6 Å². The zero-order valence-corrected chi connectivity index (χ0v) is 14.7. The lowest BCUT2D eigenvalue weighted by atomic mass is 10.0. The molecule has 2 nitrogen and oxygen atoms in total. The van der Waals surface area contributed by atoms with Gasteiger partial charge in [-0.05, 0) is 35.9 Å². The van der Waals surface area contributed by atoms with E-state index in [1.165, 1.54) is 41.5 Å². The lowest BCUT2D eigenvalue weighted by Gasteiger charge is -2.08. The van der Waals surface area contributed by atoms with E-state index in [9.17, 15) is 4.79 Å². The number of fused-ring (bicyclic) bond motifs is 1. The molecule has 2 aromatic heterocycles. The van der Waals surface area contributed by atoms with Crippen molar-refractivity contribution in [3.8, 4) is 10.6 Å². The Kier molecular flexibility index (Phi) is 4.97. The van der Waals surface area contributed by atoms with Crippen LogP contribution in [0.4, 0.5) is 0 Å². The van der Waals surface area contributed by atoms with Gasteiger partial charge in [0.1, 0.15) is 0 Å². The predicted molar refractivity (Wildman–Crippen MR) is 99.4 cm³/mol. The summed E-state index contributed by atoms with van der Waals surface area (Å²) in [5.41, 5.74) is 3.47. The van der Waals surface area contributed by atoms with Gasteiger partial charge in [0.15, 0.2) is 0 Å². The summed E-state index contributed by atoms with van der Waals surface area (Å²) in [6.45, 7) is 3.89. The smallest absolute Gasteiger partial charge is 0.228 e. The van der Waals surface area contributed by atoms with E-state index in [1.54, 1.807) is 18.3 Å². The van der Waals surface area contributed by atoms with Crippen LogP contribution in [0.1, 0.15) is 49.9 Å². The third-order valence-electron chi connectivity index (χ3n) is 4.33. The van der Waals surface area contributed by atoms with Crippen molar-refractivity contribution >= 4 is 28.1 Å². The van der Waals surface area contributed by atoms with Gasteiger partial charge in [0.25, 0.3) is 0 Å². The number of aryl methyl sites for hydroxylation is 1. The van der Waals surface area contributed by atoms with Gasteiger partial charge in [-0.15, -0.1) is 11.3 Å². The summed E-state index contributed by atoms with van der Waals surface area (Å²) in [5.74, 6) is 0.0874. The van der Waals surface area contributed by atoms with Crippen molar-refractivity contribution in [2.45, 2.75) is 46.0 Å². The lowest BCUT2D eigenvalue weighted by molar-refractivity contribution is 0.0943. The Bertz CT molecular complexity index is 799. The summed E-state index contributed by atoms with van der Waals surface area (Å²) in [4.78, 5) is 13.5. The molecule has 23 heavy (non-hydrogen) atoms. The molecular weight excluding hydrogens is 302 g/mol. The average Bonchev–Trinajstić information content (AvgIpc) is 3.17. The van der Waals surface area contributed by atoms with E-state index in [0.29, 0.717) is 0 Å². The number of hydrogen-bond donors (Lipinski definition) is 0. The van der Waals surface area contributed by atoms with E-state index in [4.69, 9.17) is 0 Å². The second-order valence-electron chi connectivity index (χ2n) is 5.99. The lowest BCUT2D eigenvalue weighted by Crippen LogP contribution is -2.07. The van der Waals surface area contributed by atoms with Crippen LogP contribution in [-0.4, -0.2) is 10.5 Å². The van der Waals surface area contributed by atoms with Crippen molar-refractivity contribution in [1.29, 1.82) is 0 Å². The molecule has 0 saturated heterocycles. The average molecular weight is 325 g/mol. The molecule has 0 N–H and O–H groups in total. The second-order valence-corrected chi connectivity index (χ2v) is 6.93. The van der Waals surface area contributed by atoms with E-state index < -0.39 is 0 Å². The third kappa shape index (κ3) is 3.11. The molecule has 0 amide bonds. The van der Waals surface area contributed by atoms with Gasteiger partial charge in [-0.2, -0.15) is 0 Å². The number of unbranched alkanes of at least 4 members (excludes halogenated alkanes) is 3. The number of carbonyl (C=O) groups is 1. The highest BCUT2D eigenvalue weighted by molar-refractivity contribution is 7.13. The molecule has 0 saturated carbocycles. The molecule has 0 bridgehead atoms. The first kappa shape index (κ1) is 16.0. The first-order chi connectivity index (χ1) is 11.2. The fourth-order valence-corrected chi connectivity index (χ4v) is 4.07. The maximum atomic E-state index is 12.3. The summed E-state index contributed by atoms with van der Waals surface area (Å²) < 4.78 is 1.90. The van der Waals surface area contributed by atoms with Crippen LogP contribution in [0, 0.1) is 0 Å². The van der Waals surface area contributed by atoms with E-state index in [-0.39, 0.29) is 5.91 Å². The number of benzene rings is 1. The van der Waals surface area contributed by atoms with Crippen molar-refractivity contribution < 1.29 is 4.79 Å². The first-order valence-corrected chi connectivity index (χ1v) is 9.29. The summed E-state index contributed by atoms with van der Waals surface area (Å²) >= 11 is 1.71. The van der Waals surface area contributed by atoms with Gasteiger partial charge in [0.05, 0.1) is 16.1 Å². The number of rotatable bonds is 6. The van der Waals surface area contributed by atoms with Gasteiger partial charge >= 0.3 is 0 Å². The topological polar surface area (TPSA) is 22.0 Å². The van der Waals surface area contributed by atoms with Crippen molar-refractivity contribution in [1.82, 2.24) is 4.57 Å². The summed E-state index contributed by atoms with van der Waals surface area (Å²) in [7, 11) is 0. The SMILES string of the molecule is CCCCCCc1c(-c2cccs2)n(C(C)=O)c2ccccc12. The molecule has 3 heteroatoms. The molecule has 0 radical (unpaired) electrons. The van der Waals surface area contributed by atoms with Crippen LogP contribution in [0.5, 0.6) is 0 Å². The number of hydrogen-bond acceptors (Lipinski definition) is 2. The Balaban J connectivity index is 2.15. The highest BCUT2D eigenvalue weighted by atomic mass is 32.1. The van der Waals surface area contributed by atoms with E-state index in [1.807, 2.05) is 10.6 Å². The zero-order valence-electron chi connectivity index (χ0n) is 13.8. The fourth-order valence-electron chi connectivity index (χ4n) is 3.29. The minimum atomic E-state index is 0.0874. The van der Waals surface area contributed by atoms with Crippen molar-refractivity contribution in [2.24, 2.45) is 0 Å². The van der Waals surface area contributed by atoms with Gasteiger partial charge in [0, 0.05) is 12.3 Å². The number of carbonyl (C=O) groups excluding carboxylic acids is 1. The third-order valence-corrected chi connectivity index (χ3v) is 5.21. The molecule has 3 aromatic rings. The monoisotopic (exact) mass is 325 g/mol. The van der Waals surface area contributed by atoms with Gasteiger partial charge in [-0.3, -0.25) is 9.36 Å². The molecule has 1 aromatic carbocycles. The highest BCUT2D eigenvalue weighted by Gasteiger charge is 2.20. The predicted octanol–water partition coefficient (Wildman–Crippen LogP) is 6.15. The molecule has 0 unspecified atom stereocenters.